The van der Waals surface area contributed by atoms with Gasteiger partial charge in [0.25, 0.3) is 0 Å². The lowest BCUT2D eigenvalue weighted by Gasteiger charge is -2.32. The number of esters is 1. The molecule has 0 aliphatic carbocycles. The van der Waals surface area contributed by atoms with Gasteiger partial charge in [-0.2, -0.15) is 0 Å². The van der Waals surface area contributed by atoms with Crippen LogP contribution in [0.1, 0.15) is 32.8 Å². The van der Waals surface area contributed by atoms with E-state index in [-0.39, 0.29) is 18.9 Å². The van der Waals surface area contributed by atoms with Gasteiger partial charge in [0.05, 0.1) is 12.6 Å². The number of alkyl halides is 3. The SMILES string of the molecule is CCC(C)C(NC(=O)CN(C)C(=O)C(Cc1ccc(Cl)cc1)N(C)C(=O)C(C)N)C(=O)OCC(Cl)(Cl)Cl. The summed E-state index contributed by atoms with van der Waals surface area (Å²) in [5.74, 6) is -2.57. The lowest BCUT2D eigenvalue weighted by Crippen LogP contribution is -2.55. The average Bonchev–Trinajstić information content (AvgIpc) is 2.83. The van der Waals surface area contributed by atoms with Crippen LogP contribution in [-0.2, 0) is 30.3 Å². The van der Waals surface area contributed by atoms with Crippen LogP contribution in [-0.4, -0.2) is 82.7 Å². The lowest BCUT2D eigenvalue weighted by atomic mass is 9.99. The Balaban J connectivity index is 3.02. The summed E-state index contributed by atoms with van der Waals surface area (Å²) in [7, 11) is 2.91. The van der Waals surface area contributed by atoms with Crippen molar-refractivity contribution >= 4 is 70.1 Å². The van der Waals surface area contributed by atoms with Gasteiger partial charge >= 0.3 is 5.97 Å². The second-order valence-corrected chi connectivity index (χ2v) is 11.9. The van der Waals surface area contributed by atoms with Crippen molar-refractivity contribution in [1.82, 2.24) is 15.1 Å². The molecule has 1 aromatic rings. The first kappa shape index (κ1) is 33.2. The molecule has 0 radical (unpaired) electrons. The Kier molecular flexibility index (Phi) is 13.5. The maximum Gasteiger partial charge on any atom is 0.329 e. The number of nitrogens with one attached hydrogen (secondary N) is 1. The van der Waals surface area contributed by atoms with E-state index in [1.165, 1.54) is 30.8 Å². The first-order valence-corrected chi connectivity index (χ1v) is 13.1. The van der Waals surface area contributed by atoms with Crippen LogP contribution < -0.4 is 11.1 Å². The molecule has 1 rings (SSSR count). The van der Waals surface area contributed by atoms with E-state index in [0.717, 1.165) is 5.56 Å². The quantitative estimate of drug-likeness (QED) is 0.281. The number of carbonyl (C=O) groups is 4. The van der Waals surface area contributed by atoms with Gasteiger partial charge in [0.1, 0.15) is 18.7 Å². The van der Waals surface area contributed by atoms with E-state index in [1.54, 1.807) is 31.2 Å². The van der Waals surface area contributed by atoms with Crippen molar-refractivity contribution in [3.8, 4) is 0 Å². The predicted molar refractivity (Wildman–Crippen MR) is 146 cm³/mol. The van der Waals surface area contributed by atoms with Gasteiger partial charge < -0.3 is 25.6 Å². The van der Waals surface area contributed by atoms with Gasteiger partial charge in [-0.15, -0.1) is 0 Å². The topological polar surface area (TPSA) is 122 Å². The van der Waals surface area contributed by atoms with Gasteiger partial charge in [0, 0.05) is 25.5 Å². The number of carbonyl (C=O) groups excluding carboxylic acids is 4. The Morgan fingerprint density at radius 2 is 1.62 bits per heavy atom. The number of halogens is 4. The third-order valence-electron chi connectivity index (χ3n) is 5.75. The van der Waals surface area contributed by atoms with Crippen LogP contribution in [0.25, 0.3) is 0 Å². The number of amides is 3. The smallest absolute Gasteiger partial charge is 0.329 e. The molecule has 208 valence electrons. The zero-order valence-electron chi connectivity index (χ0n) is 21.5. The number of ether oxygens (including phenoxy) is 1. The van der Waals surface area contributed by atoms with E-state index in [4.69, 9.17) is 56.9 Å². The molecular formula is C24H34Cl4N4O5. The normalized spacial score (nSPS) is 14.6. The first-order chi connectivity index (χ1) is 17.1. The molecule has 13 heteroatoms. The van der Waals surface area contributed by atoms with E-state index in [0.29, 0.717) is 11.4 Å². The minimum absolute atomic E-state index is 0.176. The molecule has 0 aliphatic heterocycles. The zero-order chi connectivity index (χ0) is 28.5. The molecule has 0 aliphatic rings. The molecule has 37 heavy (non-hydrogen) atoms. The van der Waals surface area contributed by atoms with E-state index in [2.05, 4.69) is 5.32 Å². The molecule has 3 N–H and O–H groups in total. The molecule has 0 saturated heterocycles. The Labute approximate surface area is 237 Å². The summed E-state index contributed by atoms with van der Waals surface area (Å²) in [5.41, 5.74) is 6.52. The Morgan fingerprint density at radius 1 is 1.05 bits per heavy atom. The van der Waals surface area contributed by atoms with Crippen molar-refractivity contribution in [3.63, 3.8) is 0 Å². The lowest BCUT2D eigenvalue weighted by molar-refractivity contribution is -0.150. The molecule has 1 aromatic carbocycles. The summed E-state index contributed by atoms with van der Waals surface area (Å²) >= 11 is 22.9. The Hall–Kier alpha value is -1.78. The molecule has 0 aromatic heterocycles. The summed E-state index contributed by atoms with van der Waals surface area (Å²) in [6.07, 6.45) is 0.728. The van der Waals surface area contributed by atoms with Crippen LogP contribution >= 0.6 is 46.4 Å². The first-order valence-electron chi connectivity index (χ1n) is 11.6. The number of nitrogens with zero attached hydrogens (tertiary/aromatic N) is 2. The Bertz CT molecular complexity index is 940. The number of benzene rings is 1. The number of likely N-dealkylation sites (N-methyl/N-ethyl adjacent to an activating group) is 2. The molecular weight excluding hydrogens is 566 g/mol. The molecule has 0 spiro atoms. The second-order valence-electron chi connectivity index (χ2n) is 8.93. The van der Waals surface area contributed by atoms with Crippen LogP contribution in [0, 0.1) is 5.92 Å². The van der Waals surface area contributed by atoms with E-state index in [9.17, 15) is 19.2 Å². The third-order valence-corrected chi connectivity index (χ3v) is 6.33. The molecule has 3 amide bonds. The predicted octanol–water partition coefficient (Wildman–Crippen LogP) is 2.96. The van der Waals surface area contributed by atoms with Crippen LogP contribution in [0.2, 0.25) is 5.02 Å². The highest BCUT2D eigenvalue weighted by Gasteiger charge is 2.33. The molecule has 9 nitrogen and oxygen atoms in total. The fourth-order valence-electron chi connectivity index (χ4n) is 3.39. The van der Waals surface area contributed by atoms with Gasteiger partial charge in [-0.05, 0) is 30.5 Å². The molecule has 0 fully saturated rings. The van der Waals surface area contributed by atoms with Crippen molar-refractivity contribution in [2.45, 2.75) is 55.5 Å². The van der Waals surface area contributed by atoms with Crippen molar-refractivity contribution in [1.29, 1.82) is 0 Å². The fourth-order valence-corrected chi connectivity index (χ4v) is 3.68. The van der Waals surface area contributed by atoms with Gasteiger partial charge in [0.15, 0.2) is 0 Å². The molecule has 0 bridgehead atoms. The summed E-state index contributed by atoms with van der Waals surface area (Å²) in [5, 5.41) is 3.13. The maximum absolute atomic E-state index is 13.4. The van der Waals surface area contributed by atoms with Gasteiger partial charge in [-0.25, -0.2) is 4.79 Å². The number of nitrogens with two attached hydrogens (primary N) is 1. The second kappa shape index (κ2) is 15.0. The standard InChI is InChI=1S/C24H34Cl4N4O5/c1-6-14(2)20(23(36)37-13-24(26,27)28)30-19(33)12-31(4)22(35)18(32(5)21(34)15(3)29)11-16-7-9-17(25)10-8-16/h7-10,14-15,18,20H,6,11-13,29H2,1-5H3,(H,30,33). The van der Waals surface area contributed by atoms with Crippen LogP contribution in [0.15, 0.2) is 24.3 Å². The van der Waals surface area contributed by atoms with Crippen LogP contribution in [0.3, 0.4) is 0 Å². The van der Waals surface area contributed by atoms with Crippen molar-refractivity contribution in [3.05, 3.63) is 34.9 Å². The number of rotatable bonds is 12. The van der Waals surface area contributed by atoms with Crippen molar-refractivity contribution in [2.75, 3.05) is 27.2 Å². The average molecular weight is 600 g/mol. The highest BCUT2D eigenvalue weighted by Crippen LogP contribution is 2.26. The van der Waals surface area contributed by atoms with Gasteiger partial charge in [-0.3, -0.25) is 14.4 Å². The minimum atomic E-state index is -1.80. The Morgan fingerprint density at radius 3 is 2.11 bits per heavy atom. The highest BCUT2D eigenvalue weighted by molar-refractivity contribution is 6.67. The summed E-state index contributed by atoms with van der Waals surface area (Å²) in [6, 6.07) is 4.09. The monoisotopic (exact) mass is 598 g/mol. The fraction of sp³-hybridized carbons (Fsp3) is 0.583. The zero-order valence-corrected chi connectivity index (χ0v) is 24.5. The van der Waals surface area contributed by atoms with Crippen LogP contribution in [0.5, 0.6) is 0 Å². The van der Waals surface area contributed by atoms with Crippen molar-refractivity contribution < 1.29 is 23.9 Å². The molecule has 4 atom stereocenters. The molecule has 0 heterocycles. The van der Waals surface area contributed by atoms with E-state index < -0.39 is 52.2 Å². The van der Waals surface area contributed by atoms with E-state index >= 15 is 0 Å². The van der Waals surface area contributed by atoms with Crippen LogP contribution in [0.4, 0.5) is 0 Å². The summed E-state index contributed by atoms with van der Waals surface area (Å²) in [6.45, 7) is 4.27. The van der Waals surface area contributed by atoms with Gasteiger partial charge in [-0.1, -0.05) is 78.8 Å². The highest BCUT2D eigenvalue weighted by atomic mass is 35.6. The third kappa shape index (κ3) is 11.2. The number of hydrogen-bond donors (Lipinski definition) is 2. The largest absolute Gasteiger partial charge is 0.460 e. The number of hydrogen-bond acceptors (Lipinski definition) is 6. The minimum Gasteiger partial charge on any atom is -0.460 e. The van der Waals surface area contributed by atoms with E-state index in [1.807, 2.05) is 6.92 Å². The molecule has 4 unspecified atom stereocenters. The summed E-state index contributed by atoms with van der Waals surface area (Å²) in [4.78, 5) is 53.8. The maximum atomic E-state index is 13.4. The summed E-state index contributed by atoms with van der Waals surface area (Å²) < 4.78 is 3.25. The molecule has 0 saturated carbocycles. The van der Waals surface area contributed by atoms with Crippen molar-refractivity contribution in [2.24, 2.45) is 11.7 Å². The van der Waals surface area contributed by atoms with Gasteiger partial charge in [0.2, 0.25) is 21.5 Å².